The smallest absolute Gasteiger partial charge is 0.317 e. The number of carbonyl (C=O) groups is 2. The van der Waals surface area contributed by atoms with Gasteiger partial charge in [-0.15, -0.1) is 0 Å². The van der Waals surface area contributed by atoms with Crippen molar-refractivity contribution in [3.8, 4) is 0 Å². The molecule has 0 aromatic heterocycles. The lowest BCUT2D eigenvalue weighted by atomic mass is 10.2. The zero-order valence-electron chi connectivity index (χ0n) is 11.6. The summed E-state index contributed by atoms with van der Waals surface area (Å²) in [5.41, 5.74) is 6.46. The Hall–Kier alpha value is -1.79. The highest BCUT2D eigenvalue weighted by Crippen LogP contribution is 2.24. The summed E-state index contributed by atoms with van der Waals surface area (Å²) in [6, 6.07) is 5.17. The fourth-order valence-electron chi connectivity index (χ4n) is 2.48. The molecule has 1 aromatic rings. The molecule has 0 aliphatic carbocycles. The molecule has 114 valence electrons. The van der Waals surface area contributed by atoms with Crippen LogP contribution in [0.2, 0.25) is 5.02 Å². The van der Waals surface area contributed by atoms with Crippen molar-refractivity contribution >= 4 is 29.2 Å². The summed E-state index contributed by atoms with van der Waals surface area (Å²) in [5.74, 6) is -1.35. The lowest BCUT2D eigenvalue weighted by Gasteiger charge is -2.23. The molecule has 1 heterocycles. The minimum absolute atomic E-state index is 0.0647. The van der Waals surface area contributed by atoms with Crippen molar-refractivity contribution < 1.29 is 14.7 Å². The summed E-state index contributed by atoms with van der Waals surface area (Å²) < 4.78 is 0. The van der Waals surface area contributed by atoms with Gasteiger partial charge in [-0.25, -0.2) is 0 Å². The van der Waals surface area contributed by atoms with Gasteiger partial charge in [-0.3, -0.25) is 14.5 Å². The van der Waals surface area contributed by atoms with E-state index in [4.69, 9.17) is 22.4 Å². The van der Waals surface area contributed by atoms with Crippen molar-refractivity contribution in [2.75, 3.05) is 37.6 Å². The van der Waals surface area contributed by atoms with Crippen molar-refractivity contribution in [1.82, 2.24) is 4.90 Å². The van der Waals surface area contributed by atoms with Crippen LogP contribution in [0, 0.1) is 0 Å². The minimum atomic E-state index is -0.808. The van der Waals surface area contributed by atoms with Crippen LogP contribution in [0.1, 0.15) is 16.8 Å². The molecular weight excluding hydrogens is 294 g/mol. The Bertz CT molecular complexity index is 550. The molecular formula is C14H18ClN3O3. The zero-order chi connectivity index (χ0) is 15.4. The Morgan fingerprint density at radius 3 is 2.62 bits per heavy atom. The highest BCUT2D eigenvalue weighted by molar-refractivity contribution is 6.34. The van der Waals surface area contributed by atoms with Crippen LogP contribution in [0.25, 0.3) is 0 Å². The van der Waals surface area contributed by atoms with E-state index < -0.39 is 11.9 Å². The quantitative estimate of drug-likeness (QED) is 0.867. The van der Waals surface area contributed by atoms with E-state index in [2.05, 4.69) is 4.90 Å². The number of nitrogens with zero attached hydrogens (tertiary/aromatic N) is 2. The zero-order valence-corrected chi connectivity index (χ0v) is 12.3. The van der Waals surface area contributed by atoms with Crippen molar-refractivity contribution in [1.29, 1.82) is 0 Å². The number of hydrogen-bond acceptors (Lipinski definition) is 4. The van der Waals surface area contributed by atoms with E-state index in [9.17, 15) is 9.59 Å². The van der Waals surface area contributed by atoms with Crippen LogP contribution in [0.4, 0.5) is 5.69 Å². The normalized spacial score (nSPS) is 16.5. The summed E-state index contributed by atoms with van der Waals surface area (Å²) in [7, 11) is 0. The molecule has 1 saturated heterocycles. The maximum absolute atomic E-state index is 11.2. The lowest BCUT2D eigenvalue weighted by molar-refractivity contribution is -0.138. The predicted octanol–water partition coefficient (Wildman–Crippen LogP) is 1.04. The van der Waals surface area contributed by atoms with E-state index in [0.29, 0.717) is 17.1 Å². The van der Waals surface area contributed by atoms with Gasteiger partial charge >= 0.3 is 5.97 Å². The summed E-state index contributed by atoms with van der Waals surface area (Å²) >= 11 is 6.07. The first kappa shape index (κ1) is 15.6. The lowest BCUT2D eigenvalue weighted by Crippen LogP contribution is -2.34. The third kappa shape index (κ3) is 4.09. The van der Waals surface area contributed by atoms with Crippen molar-refractivity contribution in [3.05, 3.63) is 28.8 Å². The number of rotatable bonds is 4. The summed E-state index contributed by atoms with van der Waals surface area (Å²) in [6.45, 7) is 3.05. The number of aliphatic carboxylic acids is 1. The maximum atomic E-state index is 11.2. The third-order valence-electron chi connectivity index (χ3n) is 3.53. The number of hydrogen-bond donors (Lipinski definition) is 2. The molecule has 1 amide bonds. The number of anilines is 1. The molecule has 0 saturated carbocycles. The molecule has 0 unspecified atom stereocenters. The van der Waals surface area contributed by atoms with Crippen LogP contribution in [-0.2, 0) is 4.79 Å². The van der Waals surface area contributed by atoms with Crippen molar-refractivity contribution in [3.63, 3.8) is 0 Å². The number of carboxylic acid groups (broad SMARTS) is 1. The largest absolute Gasteiger partial charge is 0.480 e. The Kier molecular flexibility index (Phi) is 5.03. The van der Waals surface area contributed by atoms with Crippen molar-refractivity contribution in [2.45, 2.75) is 6.42 Å². The van der Waals surface area contributed by atoms with Crippen LogP contribution in [0.3, 0.4) is 0 Å². The molecule has 1 aliphatic rings. The number of carbonyl (C=O) groups excluding carboxylic acids is 1. The first-order valence-electron chi connectivity index (χ1n) is 6.76. The summed E-state index contributed by atoms with van der Waals surface area (Å²) in [6.07, 6.45) is 0.877. The second kappa shape index (κ2) is 6.78. The van der Waals surface area contributed by atoms with Crippen molar-refractivity contribution in [2.24, 2.45) is 5.73 Å². The Balaban J connectivity index is 2.07. The summed E-state index contributed by atoms with van der Waals surface area (Å²) in [5, 5.41) is 9.18. The van der Waals surface area contributed by atoms with E-state index in [1.807, 2.05) is 11.0 Å². The van der Waals surface area contributed by atoms with Gasteiger partial charge in [0.15, 0.2) is 0 Å². The maximum Gasteiger partial charge on any atom is 0.317 e. The second-order valence-electron chi connectivity index (χ2n) is 5.04. The molecule has 21 heavy (non-hydrogen) atoms. The number of halogens is 1. The molecule has 7 heteroatoms. The van der Waals surface area contributed by atoms with Gasteiger partial charge in [0.25, 0.3) is 0 Å². The molecule has 1 fully saturated rings. The van der Waals surface area contributed by atoms with E-state index in [0.717, 1.165) is 31.7 Å². The molecule has 0 atom stereocenters. The number of amides is 1. The van der Waals surface area contributed by atoms with Gasteiger partial charge in [-0.05, 0) is 24.6 Å². The number of carboxylic acids is 1. The van der Waals surface area contributed by atoms with Crippen LogP contribution in [-0.4, -0.2) is 54.6 Å². The first-order chi connectivity index (χ1) is 9.97. The third-order valence-corrected chi connectivity index (χ3v) is 3.84. The van der Waals surface area contributed by atoms with E-state index in [1.165, 1.54) is 0 Å². The fraction of sp³-hybridized carbons (Fsp3) is 0.429. The number of primary amides is 1. The van der Waals surface area contributed by atoms with E-state index >= 15 is 0 Å². The monoisotopic (exact) mass is 311 g/mol. The second-order valence-corrected chi connectivity index (χ2v) is 5.45. The SMILES string of the molecule is NC(=O)c1ccc(N2CCCN(CC(=O)O)CC2)cc1Cl. The van der Waals surface area contributed by atoms with Gasteiger partial charge in [-0.2, -0.15) is 0 Å². The standard InChI is InChI=1S/C14H18ClN3O3/c15-12-8-10(2-3-11(12)14(16)21)18-5-1-4-17(6-7-18)9-13(19)20/h2-3,8H,1,4-7,9H2,(H2,16,21)(H,19,20). The van der Waals surface area contributed by atoms with E-state index in [1.54, 1.807) is 12.1 Å². The van der Waals surface area contributed by atoms with Crippen LogP contribution in [0.15, 0.2) is 18.2 Å². The van der Waals surface area contributed by atoms with Gasteiger partial charge in [0.1, 0.15) is 0 Å². The minimum Gasteiger partial charge on any atom is -0.480 e. The predicted molar refractivity (Wildman–Crippen MR) is 80.9 cm³/mol. The Morgan fingerprint density at radius 2 is 2.00 bits per heavy atom. The molecule has 3 N–H and O–H groups in total. The molecule has 0 radical (unpaired) electrons. The molecule has 2 rings (SSSR count). The van der Waals surface area contributed by atoms with Gasteiger partial charge in [-0.1, -0.05) is 11.6 Å². The molecule has 0 spiro atoms. The average molecular weight is 312 g/mol. The Morgan fingerprint density at radius 1 is 1.24 bits per heavy atom. The van der Waals surface area contributed by atoms with E-state index in [-0.39, 0.29) is 6.54 Å². The molecule has 0 bridgehead atoms. The Labute approximate surface area is 128 Å². The van der Waals surface area contributed by atoms with Gasteiger partial charge in [0.05, 0.1) is 17.1 Å². The topological polar surface area (TPSA) is 86.9 Å². The fourth-order valence-corrected chi connectivity index (χ4v) is 2.75. The molecule has 1 aromatic carbocycles. The summed E-state index contributed by atoms with van der Waals surface area (Å²) in [4.78, 5) is 26.0. The molecule has 6 nitrogen and oxygen atoms in total. The van der Waals surface area contributed by atoms with Gasteiger partial charge < -0.3 is 15.7 Å². The van der Waals surface area contributed by atoms with Gasteiger partial charge in [0, 0.05) is 31.9 Å². The highest BCUT2D eigenvalue weighted by Gasteiger charge is 2.18. The first-order valence-corrected chi connectivity index (χ1v) is 7.13. The van der Waals surface area contributed by atoms with Crippen LogP contribution < -0.4 is 10.6 Å². The van der Waals surface area contributed by atoms with Crippen LogP contribution in [0.5, 0.6) is 0 Å². The number of benzene rings is 1. The van der Waals surface area contributed by atoms with Crippen LogP contribution >= 0.6 is 11.6 Å². The average Bonchev–Trinajstić information content (AvgIpc) is 2.63. The highest BCUT2D eigenvalue weighted by atomic mass is 35.5. The van der Waals surface area contributed by atoms with Gasteiger partial charge in [0.2, 0.25) is 5.91 Å². The molecule has 1 aliphatic heterocycles. The number of nitrogens with two attached hydrogens (primary N) is 1.